The molecule has 0 aromatic rings. The molecule has 17 heavy (non-hydrogen) atoms. The minimum Gasteiger partial charge on any atom is -0.329 e. The number of hydrogen-bond acceptors (Lipinski definition) is 3. The highest BCUT2D eigenvalue weighted by Crippen LogP contribution is 2.20. The van der Waals surface area contributed by atoms with Crippen LogP contribution in [0, 0.1) is 11.3 Å². The molecule has 0 aromatic carbocycles. The number of rotatable bonds is 5. The SMILES string of the molecule is CCC1CC(NCC(C)(C)C)CN(CCN)C1. The first-order valence-corrected chi connectivity index (χ1v) is 7.10. The van der Waals surface area contributed by atoms with Crippen molar-refractivity contribution in [2.45, 2.75) is 46.6 Å². The lowest BCUT2D eigenvalue weighted by Crippen LogP contribution is -2.51. The third-order valence-electron chi connectivity index (χ3n) is 3.56. The van der Waals surface area contributed by atoms with Crippen molar-refractivity contribution >= 4 is 0 Å². The van der Waals surface area contributed by atoms with Crippen LogP contribution >= 0.6 is 0 Å². The summed E-state index contributed by atoms with van der Waals surface area (Å²) < 4.78 is 0. The average Bonchev–Trinajstić information content (AvgIpc) is 2.25. The predicted octanol–water partition coefficient (Wildman–Crippen LogP) is 1.68. The fourth-order valence-corrected chi connectivity index (χ4v) is 2.56. The first-order valence-electron chi connectivity index (χ1n) is 7.10. The van der Waals surface area contributed by atoms with Crippen LogP contribution < -0.4 is 11.1 Å². The van der Waals surface area contributed by atoms with E-state index in [2.05, 4.69) is 37.9 Å². The van der Waals surface area contributed by atoms with Crippen LogP contribution in [0.2, 0.25) is 0 Å². The molecule has 3 heteroatoms. The standard InChI is InChI=1S/C14H31N3/c1-5-12-8-13(16-11-14(2,3)4)10-17(9-12)7-6-15/h12-13,16H,5-11,15H2,1-4H3. The van der Waals surface area contributed by atoms with Crippen molar-refractivity contribution in [2.24, 2.45) is 17.1 Å². The molecule has 0 radical (unpaired) electrons. The Morgan fingerprint density at radius 1 is 1.29 bits per heavy atom. The van der Waals surface area contributed by atoms with Crippen molar-refractivity contribution in [3.63, 3.8) is 0 Å². The molecule has 1 fully saturated rings. The van der Waals surface area contributed by atoms with E-state index < -0.39 is 0 Å². The third kappa shape index (κ3) is 5.84. The van der Waals surface area contributed by atoms with E-state index >= 15 is 0 Å². The van der Waals surface area contributed by atoms with Crippen LogP contribution in [0.1, 0.15) is 40.5 Å². The van der Waals surface area contributed by atoms with Gasteiger partial charge in [0.2, 0.25) is 0 Å². The largest absolute Gasteiger partial charge is 0.329 e. The second-order valence-corrected chi connectivity index (χ2v) is 6.70. The molecule has 0 aliphatic carbocycles. The van der Waals surface area contributed by atoms with Crippen molar-refractivity contribution in [3.8, 4) is 0 Å². The Morgan fingerprint density at radius 3 is 2.53 bits per heavy atom. The van der Waals surface area contributed by atoms with E-state index in [4.69, 9.17) is 5.73 Å². The molecule has 102 valence electrons. The zero-order chi connectivity index (χ0) is 12.9. The molecule has 2 unspecified atom stereocenters. The molecule has 1 heterocycles. The highest BCUT2D eigenvalue weighted by Gasteiger charge is 2.26. The van der Waals surface area contributed by atoms with E-state index in [1.54, 1.807) is 0 Å². The van der Waals surface area contributed by atoms with E-state index in [0.29, 0.717) is 11.5 Å². The van der Waals surface area contributed by atoms with Crippen LogP contribution in [0.15, 0.2) is 0 Å². The van der Waals surface area contributed by atoms with Gasteiger partial charge in [-0.25, -0.2) is 0 Å². The van der Waals surface area contributed by atoms with Crippen LogP contribution in [0.25, 0.3) is 0 Å². The van der Waals surface area contributed by atoms with E-state index in [1.807, 2.05) is 0 Å². The maximum absolute atomic E-state index is 5.67. The van der Waals surface area contributed by atoms with Gasteiger partial charge in [0.05, 0.1) is 0 Å². The molecule has 0 spiro atoms. The van der Waals surface area contributed by atoms with Crippen LogP contribution in [-0.4, -0.2) is 43.7 Å². The number of nitrogens with zero attached hydrogens (tertiary/aromatic N) is 1. The van der Waals surface area contributed by atoms with Crippen LogP contribution in [-0.2, 0) is 0 Å². The Labute approximate surface area is 107 Å². The zero-order valence-electron chi connectivity index (χ0n) is 12.1. The summed E-state index contributed by atoms with van der Waals surface area (Å²) in [7, 11) is 0. The van der Waals surface area contributed by atoms with Gasteiger partial charge in [0, 0.05) is 38.8 Å². The molecule has 0 aromatic heterocycles. The van der Waals surface area contributed by atoms with Gasteiger partial charge < -0.3 is 16.0 Å². The van der Waals surface area contributed by atoms with Crippen LogP contribution in [0.5, 0.6) is 0 Å². The van der Waals surface area contributed by atoms with Gasteiger partial charge in [-0.05, 0) is 17.8 Å². The molecule has 0 amide bonds. The lowest BCUT2D eigenvalue weighted by Gasteiger charge is -2.38. The number of nitrogens with two attached hydrogens (primary N) is 1. The van der Waals surface area contributed by atoms with E-state index in [-0.39, 0.29) is 0 Å². The molecular formula is C14H31N3. The van der Waals surface area contributed by atoms with E-state index in [1.165, 1.54) is 25.9 Å². The number of hydrogen-bond donors (Lipinski definition) is 2. The van der Waals surface area contributed by atoms with Gasteiger partial charge in [-0.3, -0.25) is 0 Å². The summed E-state index contributed by atoms with van der Waals surface area (Å²) in [5.74, 6) is 0.841. The van der Waals surface area contributed by atoms with E-state index in [9.17, 15) is 0 Å². The minimum absolute atomic E-state index is 0.373. The molecular weight excluding hydrogens is 210 g/mol. The lowest BCUT2D eigenvalue weighted by atomic mass is 9.90. The Kier molecular flexibility index (Phi) is 5.90. The molecule has 2 atom stereocenters. The Balaban J connectivity index is 2.42. The first kappa shape index (κ1) is 14.9. The van der Waals surface area contributed by atoms with Gasteiger partial charge in [-0.15, -0.1) is 0 Å². The zero-order valence-corrected chi connectivity index (χ0v) is 12.1. The second kappa shape index (κ2) is 6.72. The normalized spacial score (nSPS) is 27.4. The summed E-state index contributed by atoms with van der Waals surface area (Å²) >= 11 is 0. The molecule has 3 nitrogen and oxygen atoms in total. The van der Waals surface area contributed by atoms with Crippen molar-refractivity contribution in [1.82, 2.24) is 10.2 Å². The van der Waals surface area contributed by atoms with E-state index in [0.717, 1.165) is 25.6 Å². The summed E-state index contributed by atoms with van der Waals surface area (Å²) in [4.78, 5) is 2.53. The monoisotopic (exact) mass is 241 g/mol. The van der Waals surface area contributed by atoms with Gasteiger partial charge in [0.15, 0.2) is 0 Å². The van der Waals surface area contributed by atoms with Gasteiger partial charge in [-0.2, -0.15) is 0 Å². The van der Waals surface area contributed by atoms with Crippen molar-refractivity contribution < 1.29 is 0 Å². The fraction of sp³-hybridized carbons (Fsp3) is 1.00. The summed E-state index contributed by atoms with van der Waals surface area (Å²) in [6, 6.07) is 0.652. The molecule has 1 aliphatic rings. The number of piperidine rings is 1. The van der Waals surface area contributed by atoms with Gasteiger partial charge in [0.25, 0.3) is 0 Å². The highest BCUT2D eigenvalue weighted by molar-refractivity contribution is 4.84. The Bertz CT molecular complexity index is 210. The smallest absolute Gasteiger partial charge is 0.0198 e. The second-order valence-electron chi connectivity index (χ2n) is 6.70. The summed E-state index contributed by atoms with van der Waals surface area (Å²) in [5.41, 5.74) is 6.05. The quantitative estimate of drug-likeness (QED) is 0.769. The van der Waals surface area contributed by atoms with Gasteiger partial charge >= 0.3 is 0 Å². The maximum Gasteiger partial charge on any atom is 0.0198 e. The average molecular weight is 241 g/mol. The Hall–Kier alpha value is -0.120. The summed E-state index contributed by atoms with van der Waals surface area (Å²) in [5, 5.41) is 3.73. The summed E-state index contributed by atoms with van der Waals surface area (Å²) in [6.07, 6.45) is 2.61. The molecule has 3 N–H and O–H groups in total. The van der Waals surface area contributed by atoms with Crippen molar-refractivity contribution in [2.75, 3.05) is 32.7 Å². The molecule has 0 saturated carbocycles. The number of nitrogens with one attached hydrogen (secondary N) is 1. The third-order valence-corrected chi connectivity index (χ3v) is 3.56. The maximum atomic E-state index is 5.67. The minimum atomic E-state index is 0.373. The summed E-state index contributed by atoms with van der Waals surface area (Å²) in [6.45, 7) is 14.5. The van der Waals surface area contributed by atoms with Gasteiger partial charge in [0.1, 0.15) is 0 Å². The van der Waals surface area contributed by atoms with Gasteiger partial charge in [-0.1, -0.05) is 34.1 Å². The van der Waals surface area contributed by atoms with Crippen LogP contribution in [0.4, 0.5) is 0 Å². The fourth-order valence-electron chi connectivity index (χ4n) is 2.56. The topological polar surface area (TPSA) is 41.3 Å². The van der Waals surface area contributed by atoms with Crippen molar-refractivity contribution in [1.29, 1.82) is 0 Å². The highest BCUT2D eigenvalue weighted by atomic mass is 15.2. The number of likely N-dealkylation sites (tertiary alicyclic amines) is 1. The molecule has 1 aliphatic heterocycles. The van der Waals surface area contributed by atoms with Crippen LogP contribution in [0.3, 0.4) is 0 Å². The molecule has 0 bridgehead atoms. The molecule has 1 saturated heterocycles. The Morgan fingerprint density at radius 2 is 2.00 bits per heavy atom. The van der Waals surface area contributed by atoms with Crippen molar-refractivity contribution in [3.05, 3.63) is 0 Å². The lowest BCUT2D eigenvalue weighted by molar-refractivity contribution is 0.136. The molecule has 1 rings (SSSR count). The predicted molar refractivity (Wildman–Crippen MR) is 75.1 cm³/mol. The first-order chi connectivity index (χ1) is 7.94.